The van der Waals surface area contributed by atoms with Crippen LogP contribution < -0.4 is 4.72 Å². The van der Waals surface area contributed by atoms with Crippen molar-refractivity contribution in [2.45, 2.75) is 32.2 Å². The normalized spacial score (nSPS) is 20.2. The van der Waals surface area contributed by atoms with Crippen molar-refractivity contribution < 1.29 is 22.7 Å². The Morgan fingerprint density at radius 1 is 1.43 bits per heavy atom. The lowest BCUT2D eigenvalue weighted by molar-refractivity contribution is -0.142. The smallest absolute Gasteiger partial charge is 0.322 e. The van der Waals surface area contributed by atoms with Gasteiger partial charge >= 0.3 is 16.2 Å². The van der Waals surface area contributed by atoms with Gasteiger partial charge < -0.3 is 5.11 Å². The van der Waals surface area contributed by atoms with Crippen LogP contribution >= 0.6 is 0 Å². The van der Waals surface area contributed by atoms with Gasteiger partial charge in [0, 0.05) is 6.54 Å². The van der Waals surface area contributed by atoms with Crippen LogP contribution in [0.3, 0.4) is 0 Å². The molecule has 0 saturated carbocycles. The van der Waals surface area contributed by atoms with Crippen LogP contribution in [-0.2, 0) is 15.0 Å². The topological polar surface area (TPSA) is 86.7 Å². The number of aliphatic carboxylic acids is 1. The van der Waals surface area contributed by atoms with E-state index in [0.717, 1.165) is 10.4 Å². The van der Waals surface area contributed by atoms with Gasteiger partial charge in [-0.25, -0.2) is 4.39 Å². The molecule has 1 fully saturated rings. The molecule has 0 aromatic heterocycles. The number of nitrogens with zero attached hydrogens (tertiary/aromatic N) is 1. The van der Waals surface area contributed by atoms with Gasteiger partial charge in [0.15, 0.2) is 0 Å². The van der Waals surface area contributed by atoms with Crippen LogP contribution in [0, 0.1) is 12.7 Å². The van der Waals surface area contributed by atoms with Crippen molar-refractivity contribution in [2.24, 2.45) is 0 Å². The van der Waals surface area contributed by atoms with Crippen molar-refractivity contribution in [1.29, 1.82) is 0 Å². The first-order valence-corrected chi connectivity index (χ1v) is 8.04. The third-order valence-electron chi connectivity index (χ3n) is 3.49. The molecule has 0 bridgehead atoms. The number of halogens is 1. The van der Waals surface area contributed by atoms with E-state index in [2.05, 4.69) is 4.72 Å². The standard InChI is InChI=1S/C13H17FN2O4S/c1-9-5-6-10(14)8-11(9)15-21(19,20)16-7-3-2-4-12(16)13(17)18/h5-6,8,12,15H,2-4,7H2,1H3,(H,17,18). The Balaban J connectivity index is 2.28. The molecule has 0 amide bonds. The van der Waals surface area contributed by atoms with Gasteiger partial charge in [-0.2, -0.15) is 12.7 Å². The number of aryl methyl sites for hydroxylation is 1. The van der Waals surface area contributed by atoms with E-state index in [1.807, 2.05) is 0 Å². The summed E-state index contributed by atoms with van der Waals surface area (Å²) in [6.45, 7) is 1.78. The second kappa shape index (κ2) is 5.98. The number of anilines is 1. The van der Waals surface area contributed by atoms with Gasteiger partial charge in [0.1, 0.15) is 11.9 Å². The summed E-state index contributed by atoms with van der Waals surface area (Å²) in [6, 6.07) is 2.68. The fourth-order valence-electron chi connectivity index (χ4n) is 2.34. The van der Waals surface area contributed by atoms with Crippen molar-refractivity contribution in [1.82, 2.24) is 4.31 Å². The van der Waals surface area contributed by atoms with E-state index < -0.39 is 28.0 Å². The Bertz CT molecular complexity index is 648. The summed E-state index contributed by atoms with van der Waals surface area (Å²) in [6.07, 6.45) is 1.55. The molecular weight excluding hydrogens is 299 g/mol. The van der Waals surface area contributed by atoms with Crippen LogP contribution in [0.5, 0.6) is 0 Å². The second-order valence-corrected chi connectivity index (χ2v) is 6.65. The zero-order valence-electron chi connectivity index (χ0n) is 11.5. The first kappa shape index (κ1) is 15.7. The summed E-state index contributed by atoms with van der Waals surface area (Å²) < 4.78 is 41.2. The van der Waals surface area contributed by atoms with Crippen molar-refractivity contribution in [3.8, 4) is 0 Å². The minimum Gasteiger partial charge on any atom is -0.480 e. The molecule has 0 aliphatic carbocycles. The van der Waals surface area contributed by atoms with Crippen molar-refractivity contribution in [2.75, 3.05) is 11.3 Å². The number of benzene rings is 1. The maximum atomic E-state index is 13.2. The van der Waals surface area contributed by atoms with Gasteiger partial charge in [0.05, 0.1) is 5.69 Å². The first-order valence-electron chi connectivity index (χ1n) is 6.60. The molecule has 2 N–H and O–H groups in total. The maximum Gasteiger partial charge on any atom is 0.322 e. The largest absolute Gasteiger partial charge is 0.480 e. The molecular formula is C13H17FN2O4S. The van der Waals surface area contributed by atoms with E-state index in [-0.39, 0.29) is 18.7 Å². The molecule has 1 atom stereocenters. The molecule has 1 aromatic rings. The average molecular weight is 316 g/mol. The van der Waals surface area contributed by atoms with E-state index in [1.54, 1.807) is 6.92 Å². The highest BCUT2D eigenvalue weighted by atomic mass is 32.2. The summed E-state index contributed by atoms with van der Waals surface area (Å²) in [7, 11) is -4.03. The number of nitrogens with one attached hydrogen (secondary N) is 1. The molecule has 0 spiro atoms. The molecule has 8 heteroatoms. The van der Waals surface area contributed by atoms with Crippen LogP contribution in [0.4, 0.5) is 10.1 Å². The Labute approximate surface area is 122 Å². The molecule has 1 unspecified atom stereocenters. The molecule has 116 valence electrons. The summed E-state index contributed by atoms with van der Waals surface area (Å²) in [5, 5.41) is 9.14. The quantitative estimate of drug-likeness (QED) is 0.885. The second-order valence-electron chi connectivity index (χ2n) is 5.03. The van der Waals surface area contributed by atoms with E-state index >= 15 is 0 Å². The molecule has 6 nitrogen and oxygen atoms in total. The number of carbonyl (C=O) groups is 1. The predicted octanol–water partition coefficient (Wildman–Crippen LogP) is 1.73. The Hall–Kier alpha value is -1.67. The number of piperidine rings is 1. The zero-order valence-corrected chi connectivity index (χ0v) is 12.4. The lowest BCUT2D eigenvalue weighted by Gasteiger charge is -2.32. The molecule has 0 radical (unpaired) electrons. The summed E-state index contributed by atoms with van der Waals surface area (Å²) in [4.78, 5) is 11.2. The fraction of sp³-hybridized carbons (Fsp3) is 0.462. The minimum absolute atomic E-state index is 0.115. The molecule has 1 saturated heterocycles. The summed E-state index contributed by atoms with van der Waals surface area (Å²) in [5.41, 5.74) is 0.675. The monoisotopic (exact) mass is 316 g/mol. The van der Waals surface area contributed by atoms with Crippen LogP contribution in [0.2, 0.25) is 0 Å². The van der Waals surface area contributed by atoms with Crippen molar-refractivity contribution >= 4 is 21.9 Å². The Morgan fingerprint density at radius 3 is 2.81 bits per heavy atom. The zero-order chi connectivity index (χ0) is 15.6. The van der Waals surface area contributed by atoms with Crippen LogP contribution in [-0.4, -0.2) is 36.4 Å². The lowest BCUT2D eigenvalue weighted by Crippen LogP contribution is -2.50. The number of carboxylic acid groups (broad SMARTS) is 1. The van der Waals surface area contributed by atoms with E-state index in [9.17, 15) is 17.6 Å². The van der Waals surface area contributed by atoms with Gasteiger partial charge in [0.25, 0.3) is 0 Å². The predicted molar refractivity (Wildman–Crippen MR) is 75.7 cm³/mol. The Kier molecular flexibility index (Phi) is 4.48. The number of rotatable bonds is 4. The fourth-order valence-corrected chi connectivity index (χ4v) is 3.86. The maximum absolute atomic E-state index is 13.2. The Morgan fingerprint density at radius 2 is 2.14 bits per heavy atom. The number of hydrogen-bond acceptors (Lipinski definition) is 3. The van der Waals surface area contributed by atoms with Crippen LogP contribution in [0.1, 0.15) is 24.8 Å². The van der Waals surface area contributed by atoms with Gasteiger partial charge in [-0.1, -0.05) is 6.07 Å². The van der Waals surface area contributed by atoms with Gasteiger partial charge in [-0.05, 0) is 43.9 Å². The third kappa shape index (κ3) is 3.51. The van der Waals surface area contributed by atoms with E-state index in [1.165, 1.54) is 12.1 Å². The van der Waals surface area contributed by atoms with Crippen LogP contribution in [0.15, 0.2) is 18.2 Å². The number of carboxylic acids is 1. The van der Waals surface area contributed by atoms with Gasteiger partial charge in [0.2, 0.25) is 0 Å². The molecule has 1 aliphatic rings. The summed E-state index contributed by atoms with van der Waals surface area (Å²) in [5.74, 6) is -1.73. The van der Waals surface area contributed by atoms with Crippen LogP contribution in [0.25, 0.3) is 0 Å². The van der Waals surface area contributed by atoms with Crippen molar-refractivity contribution in [3.63, 3.8) is 0 Å². The van der Waals surface area contributed by atoms with E-state index in [0.29, 0.717) is 18.4 Å². The summed E-state index contributed by atoms with van der Waals surface area (Å²) >= 11 is 0. The van der Waals surface area contributed by atoms with Gasteiger partial charge in [-0.3, -0.25) is 9.52 Å². The number of hydrogen-bond donors (Lipinski definition) is 2. The molecule has 21 heavy (non-hydrogen) atoms. The molecule has 1 heterocycles. The molecule has 1 aromatic carbocycles. The lowest BCUT2D eigenvalue weighted by atomic mass is 10.1. The third-order valence-corrected chi connectivity index (χ3v) is 5.02. The minimum atomic E-state index is -4.03. The van der Waals surface area contributed by atoms with Gasteiger partial charge in [-0.15, -0.1) is 0 Å². The highest BCUT2D eigenvalue weighted by molar-refractivity contribution is 7.90. The highest BCUT2D eigenvalue weighted by Crippen LogP contribution is 2.24. The molecule has 1 aliphatic heterocycles. The first-order chi connectivity index (χ1) is 9.81. The average Bonchev–Trinajstić information content (AvgIpc) is 2.42. The molecule has 2 rings (SSSR count). The highest BCUT2D eigenvalue weighted by Gasteiger charge is 2.36. The van der Waals surface area contributed by atoms with Crippen molar-refractivity contribution in [3.05, 3.63) is 29.6 Å². The van der Waals surface area contributed by atoms with E-state index in [4.69, 9.17) is 5.11 Å². The SMILES string of the molecule is Cc1ccc(F)cc1NS(=O)(=O)N1CCCCC1C(=O)O.